The molecule has 0 radical (unpaired) electrons. The Kier molecular flexibility index (Phi) is 6.32. The summed E-state index contributed by atoms with van der Waals surface area (Å²) in [5, 5.41) is 3.58. The van der Waals surface area contributed by atoms with E-state index in [0.717, 1.165) is 52.3 Å². The third-order valence-electron chi connectivity index (χ3n) is 6.72. The summed E-state index contributed by atoms with van der Waals surface area (Å²) >= 11 is 0. The minimum Gasteiger partial charge on any atom is -0.475 e. The summed E-state index contributed by atoms with van der Waals surface area (Å²) < 4.78 is 12.7. The average Bonchev–Trinajstić information content (AvgIpc) is 3.54. The molecule has 6 rings (SSSR count). The zero-order valence-electron chi connectivity index (χ0n) is 19.2. The van der Waals surface area contributed by atoms with E-state index < -0.39 is 0 Å². The molecular weight excluding hydrogens is 442 g/mol. The lowest BCUT2D eigenvalue weighted by Gasteiger charge is -2.24. The van der Waals surface area contributed by atoms with E-state index in [2.05, 4.69) is 96.8 Å². The summed E-state index contributed by atoms with van der Waals surface area (Å²) in [4.78, 5) is 2.40. The van der Waals surface area contributed by atoms with E-state index in [9.17, 15) is 0 Å². The third-order valence-corrected chi connectivity index (χ3v) is 6.72. The van der Waals surface area contributed by atoms with Crippen LogP contribution in [-0.4, -0.2) is 24.2 Å². The molecule has 0 N–H and O–H groups in total. The van der Waals surface area contributed by atoms with Crippen molar-refractivity contribution in [2.75, 3.05) is 13.1 Å². The van der Waals surface area contributed by atoms with Gasteiger partial charge >= 0.3 is 0 Å². The summed E-state index contributed by atoms with van der Waals surface area (Å²) in [7, 11) is 0. The number of likely N-dealkylation sites (tertiary alicyclic amines) is 1. The minimum atomic E-state index is 0. The monoisotopic (exact) mass is 469 g/mol. The largest absolute Gasteiger partial charge is 0.475 e. The SMILES string of the molecule is CC(Oc1ccc(-c2c(-c3ccccc3)oc3ccc4ccccc4c23)cc1)N1CCCC1.Cl. The van der Waals surface area contributed by atoms with Gasteiger partial charge in [0.15, 0.2) is 0 Å². The predicted molar refractivity (Wildman–Crippen MR) is 143 cm³/mol. The molecule has 5 aromatic rings. The molecule has 0 bridgehead atoms. The Balaban J connectivity index is 0.00000241. The van der Waals surface area contributed by atoms with Crippen molar-refractivity contribution in [3.05, 3.63) is 91.0 Å². The van der Waals surface area contributed by atoms with Gasteiger partial charge in [0.05, 0.1) is 0 Å². The molecule has 0 saturated carbocycles. The van der Waals surface area contributed by atoms with Crippen LogP contribution in [0, 0.1) is 0 Å². The third kappa shape index (κ3) is 4.06. The average molecular weight is 470 g/mol. The van der Waals surface area contributed by atoms with Gasteiger partial charge in [0.2, 0.25) is 0 Å². The number of hydrogen-bond donors (Lipinski definition) is 0. The number of fused-ring (bicyclic) bond motifs is 3. The van der Waals surface area contributed by atoms with Gasteiger partial charge in [-0.2, -0.15) is 0 Å². The molecule has 1 atom stereocenters. The van der Waals surface area contributed by atoms with Gasteiger partial charge in [-0.1, -0.05) is 72.8 Å². The molecule has 1 saturated heterocycles. The topological polar surface area (TPSA) is 25.6 Å². The molecule has 1 fully saturated rings. The van der Waals surface area contributed by atoms with Crippen LogP contribution in [0.25, 0.3) is 44.2 Å². The lowest BCUT2D eigenvalue weighted by atomic mass is 9.95. The lowest BCUT2D eigenvalue weighted by molar-refractivity contribution is 0.0592. The number of nitrogens with zero attached hydrogens (tertiary/aromatic N) is 1. The quantitative estimate of drug-likeness (QED) is 0.259. The maximum absolute atomic E-state index is 6.47. The van der Waals surface area contributed by atoms with Crippen LogP contribution in [0.2, 0.25) is 0 Å². The van der Waals surface area contributed by atoms with Crippen molar-refractivity contribution in [3.8, 4) is 28.2 Å². The second kappa shape index (κ2) is 9.54. The van der Waals surface area contributed by atoms with Crippen molar-refractivity contribution in [2.45, 2.75) is 26.0 Å². The minimum absolute atomic E-state index is 0. The molecule has 34 heavy (non-hydrogen) atoms. The van der Waals surface area contributed by atoms with E-state index in [4.69, 9.17) is 9.15 Å². The fraction of sp³-hybridized carbons (Fsp3) is 0.200. The first-order valence-corrected chi connectivity index (χ1v) is 11.8. The smallest absolute Gasteiger partial charge is 0.149 e. The van der Waals surface area contributed by atoms with Gasteiger partial charge in [0.25, 0.3) is 0 Å². The van der Waals surface area contributed by atoms with Crippen LogP contribution in [0.3, 0.4) is 0 Å². The van der Waals surface area contributed by atoms with Gasteiger partial charge in [0.1, 0.15) is 23.3 Å². The molecule has 172 valence electrons. The van der Waals surface area contributed by atoms with Crippen molar-refractivity contribution in [3.63, 3.8) is 0 Å². The Labute approximate surface area is 206 Å². The van der Waals surface area contributed by atoms with Crippen LogP contribution in [0.5, 0.6) is 5.75 Å². The number of furan rings is 1. The molecule has 1 aromatic heterocycles. The first-order chi connectivity index (χ1) is 16.3. The molecule has 0 amide bonds. The van der Waals surface area contributed by atoms with E-state index in [-0.39, 0.29) is 18.6 Å². The van der Waals surface area contributed by atoms with Gasteiger partial charge in [0, 0.05) is 29.6 Å². The van der Waals surface area contributed by atoms with Crippen molar-refractivity contribution in [1.29, 1.82) is 0 Å². The Morgan fingerprint density at radius 1 is 0.765 bits per heavy atom. The summed E-state index contributed by atoms with van der Waals surface area (Å²) in [5.74, 6) is 1.80. The van der Waals surface area contributed by atoms with Gasteiger partial charge in [-0.3, -0.25) is 4.90 Å². The summed E-state index contributed by atoms with van der Waals surface area (Å²) in [6, 6.07) is 31.6. The van der Waals surface area contributed by atoms with Gasteiger partial charge < -0.3 is 9.15 Å². The molecule has 1 aliphatic rings. The maximum atomic E-state index is 6.47. The molecule has 4 heteroatoms. The molecular formula is C30H28ClNO2. The van der Waals surface area contributed by atoms with Crippen molar-refractivity contribution < 1.29 is 9.15 Å². The molecule has 0 spiro atoms. The molecule has 4 aromatic carbocycles. The second-order valence-electron chi connectivity index (χ2n) is 8.82. The van der Waals surface area contributed by atoms with E-state index in [1.165, 1.54) is 23.6 Å². The van der Waals surface area contributed by atoms with E-state index in [0.29, 0.717) is 0 Å². The van der Waals surface area contributed by atoms with E-state index >= 15 is 0 Å². The van der Waals surface area contributed by atoms with Gasteiger partial charge in [-0.25, -0.2) is 0 Å². The van der Waals surface area contributed by atoms with Gasteiger partial charge in [-0.05, 0) is 54.3 Å². The summed E-state index contributed by atoms with van der Waals surface area (Å²) in [5.41, 5.74) is 4.25. The Hall–Kier alpha value is -3.27. The van der Waals surface area contributed by atoms with Crippen LogP contribution < -0.4 is 4.74 Å². The Morgan fingerprint density at radius 3 is 2.24 bits per heavy atom. The highest BCUT2D eigenvalue weighted by Gasteiger charge is 2.21. The van der Waals surface area contributed by atoms with Gasteiger partial charge in [-0.15, -0.1) is 12.4 Å². The molecule has 3 nitrogen and oxygen atoms in total. The van der Waals surface area contributed by atoms with Crippen molar-refractivity contribution >= 4 is 34.1 Å². The highest BCUT2D eigenvalue weighted by atomic mass is 35.5. The Morgan fingerprint density at radius 2 is 1.47 bits per heavy atom. The van der Waals surface area contributed by atoms with Crippen molar-refractivity contribution in [2.24, 2.45) is 0 Å². The molecule has 0 aliphatic carbocycles. The Bertz CT molecular complexity index is 1400. The highest BCUT2D eigenvalue weighted by Crippen LogP contribution is 2.44. The first-order valence-electron chi connectivity index (χ1n) is 11.8. The van der Waals surface area contributed by atoms with E-state index in [1.54, 1.807) is 0 Å². The second-order valence-corrected chi connectivity index (χ2v) is 8.82. The lowest BCUT2D eigenvalue weighted by Crippen LogP contribution is -2.34. The summed E-state index contributed by atoms with van der Waals surface area (Å²) in [6.45, 7) is 4.38. The van der Waals surface area contributed by atoms with E-state index in [1.807, 2.05) is 6.07 Å². The first kappa shape index (κ1) is 22.5. The van der Waals surface area contributed by atoms with Crippen LogP contribution in [-0.2, 0) is 0 Å². The fourth-order valence-corrected chi connectivity index (χ4v) is 5.01. The number of benzene rings is 4. The standard InChI is InChI=1S/C30H27NO2.ClH/c1-21(31-19-7-8-20-31)32-25-16-13-23(14-17-25)28-29-26-12-6-5-9-22(26)15-18-27(29)33-30(28)24-10-3-2-4-11-24;/h2-6,9-18,21H,7-8,19-20H2,1H3;1H. The maximum Gasteiger partial charge on any atom is 0.149 e. The van der Waals surface area contributed by atoms with Crippen molar-refractivity contribution in [1.82, 2.24) is 4.90 Å². The molecule has 1 unspecified atom stereocenters. The molecule has 2 heterocycles. The summed E-state index contributed by atoms with van der Waals surface area (Å²) in [6.07, 6.45) is 2.62. The predicted octanol–water partition coefficient (Wildman–Crippen LogP) is 8.16. The van der Waals surface area contributed by atoms with Crippen LogP contribution >= 0.6 is 12.4 Å². The fourth-order valence-electron chi connectivity index (χ4n) is 5.01. The number of halogens is 1. The number of hydrogen-bond acceptors (Lipinski definition) is 3. The van der Waals surface area contributed by atoms with Crippen LogP contribution in [0.4, 0.5) is 0 Å². The van der Waals surface area contributed by atoms with Crippen LogP contribution in [0.1, 0.15) is 19.8 Å². The normalized spacial score (nSPS) is 14.9. The highest BCUT2D eigenvalue weighted by molar-refractivity contribution is 6.16. The zero-order valence-corrected chi connectivity index (χ0v) is 20.1. The number of rotatable bonds is 5. The zero-order chi connectivity index (χ0) is 22.2. The van der Waals surface area contributed by atoms with Crippen LogP contribution in [0.15, 0.2) is 95.4 Å². The molecule has 1 aliphatic heterocycles. The number of ether oxygens (including phenoxy) is 1.